The van der Waals surface area contributed by atoms with E-state index < -0.39 is 10.0 Å². The van der Waals surface area contributed by atoms with Gasteiger partial charge >= 0.3 is 0 Å². The smallest absolute Gasteiger partial charge is 0.268 e. The number of hydrogen-bond donors (Lipinski definition) is 0. The zero-order valence-electron chi connectivity index (χ0n) is 17.2. The summed E-state index contributed by atoms with van der Waals surface area (Å²) in [6.07, 6.45) is 6.63. The first-order chi connectivity index (χ1) is 15.5. The molecule has 0 saturated heterocycles. The molecule has 0 atom stereocenters. The van der Waals surface area contributed by atoms with Crippen LogP contribution in [-0.4, -0.2) is 46.0 Å². The van der Waals surface area contributed by atoms with Crippen molar-refractivity contribution in [2.75, 3.05) is 13.1 Å². The summed E-state index contributed by atoms with van der Waals surface area (Å²) in [5, 5.41) is 8.28. The average Bonchev–Trinajstić information content (AvgIpc) is 3.53. The number of furan rings is 1. The van der Waals surface area contributed by atoms with Gasteiger partial charge in [-0.2, -0.15) is 4.31 Å². The monoisotopic (exact) mass is 449 g/mol. The third-order valence-corrected chi connectivity index (χ3v) is 7.08. The maximum absolute atomic E-state index is 12.7. The van der Waals surface area contributed by atoms with Crippen molar-refractivity contribution in [3.8, 4) is 23.0 Å². The third kappa shape index (κ3) is 3.74. The molecule has 1 aliphatic rings. The molecule has 3 aromatic heterocycles. The van der Waals surface area contributed by atoms with Crippen LogP contribution in [0.15, 0.2) is 74.9 Å². The maximum Gasteiger partial charge on any atom is 0.268 e. The lowest BCUT2D eigenvalue weighted by Gasteiger charge is -2.25. The number of aryl methyl sites for hydroxylation is 1. The van der Waals surface area contributed by atoms with E-state index in [1.54, 1.807) is 6.20 Å². The van der Waals surface area contributed by atoms with Crippen molar-refractivity contribution in [2.45, 2.75) is 18.2 Å². The van der Waals surface area contributed by atoms with E-state index in [4.69, 9.17) is 13.8 Å². The second kappa shape index (κ2) is 8.13. The summed E-state index contributed by atoms with van der Waals surface area (Å²) < 4.78 is 37.5. The molecular formula is C22H19N5O4S. The summed E-state index contributed by atoms with van der Waals surface area (Å²) in [6, 6.07) is 10.9. The molecule has 1 aliphatic heterocycles. The molecule has 4 heterocycles. The van der Waals surface area contributed by atoms with Gasteiger partial charge in [0.15, 0.2) is 0 Å². The Morgan fingerprint density at radius 1 is 1.06 bits per heavy atom. The van der Waals surface area contributed by atoms with E-state index in [9.17, 15) is 8.42 Å². The van der Waals surface area contributed by atoms with Gasteiger partial charge in [0.25, 0.3) is 5.89 Å². The molecule has 5 rings (SSSR count). The summed E-state index contributed by atoms with van der Waals surface area (Å²) in [5.74, 6) is 0.695. The molecule has 0 spiro atoms. The predicted octanol–water partition coefficient (Wildman–Crippen LogP) is 3.57. The zero-order chi connectivity index (χ0) is 22.1. The Morgan fingerprint density at radius 2 is 1.88 bits per heavy atom. The van der Waals surface area contributed by atoms with Crippen molar-refractivity contribution in [1.29, 1.82) is 0 Å². The van der Waals surface area contributed by atoms with E-state index in [-0.39, 0.29) is 17.3 Å². The van der Waals surface area contributed by atoms with E-state index in [0.717, 1.165) is 11.1 Å². The first kappa shape index (κ1) is 20.3. The minimum absolute atomic E-state index is 0.150. The fraction of sp³-hybridized carbons (Fsp3) is 0.182. The number of hydrogen-bond acceptors (Lipinski definition) is 8. The highest BCUT2D eigenvalue weighted by Crippen LogP contribution is 2.28. The molecule has 0 fully saturated rings. The SMILES string of the molecule is Cc1ncc(C2=CCN(S(=O)(=O)c3ccoc3)CC2)nc1-c1nnc(-c2ccccc2)o1. The molecule has 162 valence electrons. The first-order valence-corrected chi connectivity index (χ1v) is 11.4. The molecule has 0 amide bonds. The van der Waals surface area contributed by atoms with Gasteiger partial charge in [-0.05, 0) is 37.1 Å². The molecule has 0 radical (unpaired) electrons. The van der Waals surface area contributed by atoms with E-state index in [1.807, 2.05) is 43.3 Å². The van der Waals surface area contributed by atoms with Crippen molar-refractivity contribution in [3.05, 3.63) is 72.6 Å². The number of sulfonamides is 1. The molecule has 1 aromatic carbocycles. The fourth-order valence-corrected chi connectivity index (χ4v) is 4.78. The van der Waals surface area contributed by atoms with E-state index in [0.29, 0.717) is 35.9 Å². The van der Waals surface area contributed by atoms with Crippen LogP contribution in [0.2, 0.25) is 0 Å². The second-order valence-corrected chi connectivity index (χ2v) is 9.21. The predicted molar refractivity (Wildman–Crippen MR) is 116 cm³/mol. The van der Waals surface area contributed by atoms with Crippen LogP contribution in [0.25, 0.3) is 28.6 Å². The highest BCUT2D eigenvalue weighted by atomic mass is 32.2. The summed E-state index contributed by atoms with van der Waals surface area (Å²) in [5.41, 5.74) is 3.57. The number of aromatic nitrogens is 4. The quantitative estimate of drug-likeness (QED) is 0.454. The molecule has 10 heteroatoms. The lowest BCUT2D eigenvalue weighted by molar-refractivity contribution is 0.439. The minimum atomic E-state index is -3.58. The van der Waals surface area contributed by atoms with Gasteiger partial charge in [-0.3, -0.25) is 4.98 Å². The highest BCUT2D eigenvalue weighted by molar-refractivity contribution is 7.89. The van der Waals surface area contributed by atoms with Gasteiger partial charge < -0.3 is 8.83 Å². The molecule has 0 aliphatic carbocycles. The van der Waals surface area contributed by atoms with Crippen LogP contribution in [-0.2, 0) is 10.0 Å². The minimum Gasteiger partial charge on any atom is -0.471 e. The van der Waals surface area contributed by atoms with Gasteiger partial charge in [0.1, 0.15) is 16.9 Å². The van der Waals surface area contributed by atoms with Crippen LogP contribution >= 0.6 is 0 Å². The van der Waals surface area contributed by atoms with Crippen LogP contribution in [0.4, 0.5) is 0 Å². The maximum atomic E-state index is 12.7. The van der Waals surface area contributed by atoms with Crippen molar-refractivity contribution in [2.24, 2.45) is 0 Å². The molecule has 4 aromatic rings. The average molecular weight is 449 g/mol. The van der Waals surface area contributed by atoms with Crippen LogP contribution in [0.5, 0.6) is 0 Å². The van der Waals surface area contributed by atoms with Crippen LogP contribution in [0.1, 0.15) is 17.8 Å². The summed E-state index contributed by atoms with van der Waals surface area (Å²) >= 11 is 0. The lowest BCUT2D eigenvalue weighted by atomic mass is 10.1. The van der Waals surface area contributed by atoms with Gasteiger partial charge in [-0.25, -0.2) is 13.4 Å². The van der Waals surface area contributed by atoms with Gasteiger partial charge in [0.05, 0.1) is 23.8 Å². The van der Waals surface area contributed by atoms with Crippen molar-refractivity contribution >= 4 is 15.6 Å². The van der Waals surface area contributed by atoms with Gasteiger partial charge in [-0.1, -0.05) is 24.3 Å². The topological polar surface area (TPSA) is 115 Å². The fourth-order valence-electron chi connectivity index (χ4n) is 3.47. The molecule has 0 saturated carbocycles. The van der Waals surface area contributed by atoms with Crippen molar-refractivity contribution in [3.63, 3.8) is 0 Å². The summed E-state index contributed by atoms with van der Waals surface area (Å²) in [6.45, 7) is 2.41. The summed E-state index contributed by atoms with van der Waals surface area (Å²) in [4.78, 5) is 9.30. The lowest BCUT2D eigenvalue weighted by Crippen LogP contribution is -2.34. The van der Waals surface area contributed by atoms with Gasteiger partial charge in [0, 0.05) is 18.7 Å². The largest absolute Gasteiger partial charge is 0.471 e. The van der Waals surface area contributed by atoms with Crippen molar-refractivity contribution in [1.82, 2.24) is 24.5 Å². The van der Waals surface area contributed by atoms with Crippen LogP contribution in [0, 0.1) is 6.92 Å². The number of nitrogens with zero attached hydrogens (tertiary/aromatic N) is 5. The Hall–Kier alpha value is -3.63. The first-order valence-electron chi connectivity index (χ1n) is 9.97. The molecule has 32 heavy (non-hydrogen) atoms. The van der Waals surface area contributed by atoms with Gasteiger partial charge in [0.2, 0.25) is 15.9 Å². The van der Waals surface area contributed by atoms with Crippen molar-refractivity contribution < 1.29 is 17.3 Å². The van der Waals surface area contributed by atoms with Crippen LogP contribution in [0.3, 0.4) is 0 Å². The molecular weight excluding hydrogens is 430 g/mol. The molecule has 0 N–H and O–H groups in total. The Bertz CT molecular complexity index is 1380. The second-order valence-electron chi connectivity index (χ2n) is 7.27. The molecule has 0 unspecified atom stereocenters. The van der Waals surface area contributed by atoms with E-state index in [1.165, 1.54) is 22.9 Å². The van der Waals surface area contributed by atoms with E-state index >= 15 is 0 Å². The Morgan fingerprint density at radius 3 is 2.59 bits per heavy atom. The highest BCUT2D eigenvalue weighted by Gasteiger charge is 2.28. The standard InChI is InChI=1S/C22H19N5O4S/c1-15-20(22-26-25-21(31-22)17-5-3-2-4-6-17)24-19(13-23-15)16-7-10-27(11-8-16)32(28,29)18-9-12-30-14-18/h2-7,9,12-14H,8,10-11H2,1H3. The van der Waals surface area contributed by atoms with E-state index in [2.05, 4.69) is 15.2 Å². The molecule has 0 bridgehead atoms. The molecule has 9 nitrogen and oxygen atoms in total. The Kier molecular flexibility index (Phi) is 5.16. The number of rotatable bonds is 5. The summed E-state index contributed by atoms with van der Waals surface area (Å²) in [7, 11) is -3.58. The zero-order valence-corrected chi connectivity index (χ0v) is 18.0. The Labute approximate surface area is 184 Å². The third-order valence-electron chi connectivity index (χ3n) is 5.24. The number of benzene rings is 1. The Balaban J connectivity index is 1.40. The normalized spacial score (nSPS) is 15.0. The van der Waals surface area contributed by atoms with Gasteiger partial charge in [-0.15, -0.1) is 10.2 Å². The van der Waals surface area contributed by atoms with Crippen LogP contribution < -0.4 is 0 Å².